The van der Waals surface area contributed by atoms with Gasteiger partial charge in [0.1, 0.15) is 11.6 Å². The largest absolute Gasteiger partial charge is 0.353 e. The van der Waals surface area contributed by atoms with Crippen LogP contribution >= 0.6 is 38.5 Å². The minimum atomic E-state index is -0.751. The molecular weight excluding hydrogens is 449 g/mol. The van der Waals surface area contributed by atoms with Gasteiger partial charge in [-0.05, 0) is 56.7 Å². The van der Waals surface area contributed by atoms with Gasteiger partial charge in [-0.2, -0.15) is 0 Å². The third-order valence-electron chi connectivity index (χ3n) is 2.43. The summed E-state index contributed by atoms with van der Waals surface area (Å²) in [6, 6.07) is 6.30. The molecule has 0 aliphatic heterocycles. The summed E-state index contributed by atoms with van der Waals surface area (Å²) < 4.78 is 27.2. The molecule has 0 aromatic heterocycles. The van der Waals surface area contributed by atoms with Crippen molar-refractivity contribution in [2.45, 2.75) is 0 Å². The predicted molar refractivity (Wildman–Crippen MR) is 83.2 cm³/mol. The maximum atomic E-state index is 13.6. The van der Waals surface area contributed by atoms with Crippen LogP contribution in [0.5, 0.6) is 0 Å². The maximum Gasteiger partial charge on any atom is 0.282 e. The normalized spacial score (nSPS) is 10.4. The van der Waals surface area contributed by atoms with Crippen LogP contribution in [0.3, 0.4) is 0 Å². The van der Waals surface area contributed by atoms with Crippen LogP contribution in [-0.2, 0) is 0 Å². The predicted octanol–water partition coefficient (Wildman–Crippen LogP) is 4.98. The molecule has 8 heteroatoms. The van der Waals surface area contributed by atoms with E-state index in [2.05, 4.69) is 21.2 Å². The van der Waals surface area contributed by atoms with E-state index in [1.54, 1.807) is 0 Å². The van der Waals surface area contributed by atoms with Crippen LogP contribution in [0.25, 0.3) is 0 Å². The van der Waals surface area contributed by atoms with Crippen molar-refractivity contribution in [2.75, 3.05) is 5.32 Å². The molecule has 1 N–H and O–H groups in total. The second-order valence-corrected chi connectivity index (χ2v) is 5.81. The molecule has 0 aliphatic carbocycles. The van der Waals surface area contributed by atoms with Crippen molar-refractivity contribution >= 4 is 55.6 Å². The molecule has 0 unspecified atom stereocenters. The summed E-state index contributed by atoms with van der Waals surface area (Å²) in [5, 5.41) is 13.4. The molecular formula is C12H6BrF2IN2O2. The molecule has 0 spiro atoms. The van der Waals surface area contributed by atoms with Gasteiger partial charge in [0, 0.05) is 17.8 Å². The Hall–Kier alpha value is -1.29. The SMILES string of the molecule is O=[N+]([O-])c1ccc(Nc2cc(Br)c(F)cc2F)cc1I. The van der Waals surface area contributed by atoms with E-state index in [1.807, 2.05) is 22.6 Å². The van der Waals surface area contributed by atoms with Crippen LogP contribution in [0.15, 0.2) is 34.8 Å². The van der Waals surface area contributed by atoms with Gasteiger partial charge in [-0.1, -0.05) is 0 Å². The molecule has 0 amide bonds. The second-order valence-electron chi connectivity index (χ2n) is 3.79. The smallest absolute Gasteiger partial charge is 0.282 e. The monoisotopic (exact) mass is 454 g/mol. The van der Waals surface area contributed by atoms with E-state index >= 15 is 0 Å². The van der Waals surface area contributed by atoms with Crippen molar-refractivity contribution < 1.29 is 13.7 Å². The van der Waals surface area contributed by atoms with Crippen LogP contribution in [0, 0.1) is 25.3 Å². The summed E-state index contributed by atoms with van der Waals surface area (Å²) in [6.45, 7) is 0. The first-order chi connectivity index (χ1) is 9.38. The number of halogens is 4. The minimum absolute atomic E-state index is 0.0306. The van der Waals surface area contributed by atoms with Gasteiger partial charge in [-0.15, -0.1) is 0 Å². The maximum absolute atomic E-state index is 13.6. The Bertz CT molecular complexity index is 697. The number of nitro groups is 1. The van der Waals surface area contributed by atoms with Crippen LogP contribution in [0.2, 0.25) is 0 Å². The van der Waals surface area contributed by atoms with Crippen molar-refractivity contribution in [3.05, 3.63) is 60.1 Å². The van der Waals surface area contributed by atoms with E-state index in [0.717, 1.165) is 6.07 Å². The van der Waals surface area contributed by atoms with Gasteiger partial charge < -0.3 is 5.32 Å². The highest BCUT2D eigenvalue weighted by atomic mass is 127. The number of rotatable bonds is 3. The molecule has 0 heterocycles. The van der Waals surface area contributed by atoms with Gasteiger partial charge in [0.15, 0.2) is 0 Å². The van der Waals surface area contributed by atoms with Crippen LogP contribution in [0.1, 0.15) is 0 Å². The van der Waals surface area contributed by atoms with Gasteiger partial charge in [-0.25, -0.2) is 8.78 Å². The first kappa shape index (κ1) is 15.1. The summed E-state index contributed by atoms with van der Waals surface area (Å²) >= 11 is 4.79. The Morgan fingerprint density at radius 1 is 1.20 bits per heavy atom. The van der Waals surface area contributed by atoms with Crippen LogP contribution in [-0.4, -0.2) is 4.92 Å². The topological polar surface area (TPSA) is 55.2 Å². The van der Waals surface area contributed by atoms with Gasteiger partial charge >= 0.3 is 0 Å². The number of benzene rings is 2. The molecule has 2 aromatic carbocycles. The summed E-state index contributed by atoms with van der Waals surface area (Å²) in [6.07, 6.45) is 0. The van der Waals surface area contributed by atoms with E-state index in [1.165, 1.54) is 24.3 Å². The Morgan fingerprint density at radius 3 is 2.50 bits per heavy atom. The average Bonchev–Trinajstić information content (AvgIpc) is 2.35. The molecule has 0 saturated heterocycles. The van der Waals surface area contributed by atoms with E-state index in [0.29, 0.717) is 9.26 Å². The molecule has 0 bridgehead atoms. The molecule has 0 fully saturated rings. The number of nitrogens with zero attached hydrogens (tertiary/aromatic N) is 1. The van der Waals surface area contributed by atoms with E-state index in [-0.39, 0.29) is 15.8 Å². The molecule has 20 heavy (non-hydrogen) atoms. The zero-order valence-corrected chi connectivity index (χ0v) is 13.4. The van der Waals surface area contributed by atoms with Crippen molar-refractivity contribution in [3.63, 3.8) is 0 Å². The van der Waals surface area contributed by atoms with Gasteiger partial charge in [0.05, 0.1) is 18.7 Å². The van der Waals surface area contributed by atoms with E-state index in [9.17, 15) is 18.9 Å². The summed E-state index contributed by atoms with van der Waals surface area (Å²) in [4.78, 5) is 10.2. The molecule has 0 atom stereocenters. The number of anilines is 2. The Labute approximate surface area is 134 Å². The first-order valence-corrected chi connectivity index (χ1v) is 7.11. The fraction of sp³-hybridized carbons (Fsp3) is 0. The van der Waals surface area contributed by atoms with Crippen molar-refractivity contribution in [1.29, 1.82) is 0 Å². The van der Waals surface area contributed by atoms with Crippen LogP contribution in [0.4, 0.5) is 25.8 Å². The molecule has 2 aromatic rings. The van der Waals surface area contributed by atoms with Crippen molar-refractivity contribution in [1.82, 2.24) is 0 Å². The third-order valence-corrected chi connectivity index (χ3v) is 3.91. The lowest BCUT2D eigenvalue weighted by molar-refractivity contribution is -0.385. The van der Waals surface area contributed by atoms with Crippen LogP contribution < -0.4 is 5.32 Å². The number of nitrogens with one attached hydrogen (secondary N) is 1. The summed E-state index contributed by atoms with van der Waals surface area (Å²) in [5.41, 5.74) is 0.511. The van der Waals surface area contributed by atoms with Gasteiger partial charge in [-0.3, -0.25) is 10.1 Å². The highest BCUT2D eigenvalue weighted by Gasteiger charge is 2.13. The lowest BCUT2D eigenvalue weighted by atomic mass is 10.2. The molecule has 2 rings (SSSR count). The van der Waals surface area contributed by atoms with Crippen molar-refractivity contribution in [2.24, 2.45) is 0 Å². The zero-order valence-electron chi connectivity index (χ0n) is 9.66. The van der Waals surface area contributed by atoms with Crippen molar-refractivity contribution in [3.8, 4) is 0 Å². The van der Waals surface area contributed by atoms with Gasteiger partial charge in [0.2, 0.25) is 0 Å². The zero-order chi connectivity index (χ0) is 14.9. The summed E-state index contributed by atoms with van der Waals surface area (Å²) in [5.74, 6) is -1.45. The Balaban J connectivity index is 2.33. The fourth-order valence-electron chi connectivity index (χ4n) is 1.51. The number of nitro benzene ring substituents is 1. The molecule has 0 saturated carbocycles. The molecule has 0 aliphatic rings. The highest BCUT2D eigenvalue weighted by Crippen LogP contribution is 2.29. The number of hydrogen-bond donors (Lipinski definition) is 1. The Kier molecular flexibility index (Phi) is 4.53. The Morgan fingerprint density at radius 2 is 1.90 bits per heavy atom. The molecule has 104 valence electrons. The molecule has 4 nitrogen and oxygen atoms in total. The third kappa shape index (κ3) is 3.23. The van der Waals surface area contributed by atoms with E-state index < -0.39 is 16.6 Å². The first-order valence-electron chi connectivity index (χ1n) is 5.24. The fourth-order valence-corrected chi connectivity index (χ4v) is 2.56. The quantitative estimate of drug-likeness (QED) is 0.308. The highest BCUT2D eigenvalue weighted by molar-refractivity contribution is 14.1. The molecule has 0 radical (unpaired) electrons. The number of hydrogen-bond acceptors (Lipinski definition) is 3. The second kappa shape index (κ2) is 6.00. The minimum Gasteiger partial charge on any atom is -0.353 e. The lowest BCUT2D eigenvalue weighted by Crippen LogP contribution is -1.97. The van der Waals surface area contributed by atoms with Gasteiger partial charge in [0.25, 0.3) is 5.69 Å². The van der Waals surface area contributed by atoms with E-state index in [4.69, 9.17) is 0 Å². The lowest BCUT2D eigenvalue weighted by Gasteiger charge is -2.09. The standard InChI is InChI=1S/C12H6BrF2IN2O2/c13-7-4-11(9(15)5-8(7)14)17-6-1-2-12(18(19)20)10(16)3-6/h1-5,17H. The average molecular weight is 455 g/mol. The summed E-state index contributed by atoms with van der Waals surface area (Å²) in [7, 11) is 0.